The van der Waals surface area contributed by atoms with Crippen LogP contribution in [0.15, 0.2) is 12.2 Å². The minimum Gasteiger partial charge on any atom is -0.460 e. The van der Waals surface area contributed by atoms with Gasteiger partial charge in [-0.25, -0.2) is 4.79 Å². The van der Waals surface area contributed by atoms with Crippen LogP contribution < -0.4 is 0 Å². The lowest BCUT2D eigenvalue weighted by Crippen LogP contribution is -2.68. The molecule has 10 unspecified atom stereocenters. The molecule has 6 rings (SSSR count). The molecule has 14 heteroatoms. The average Bonchev–Trinajstić information content (AvgIpc) is 3.08. The Hall–Kier alpha value is -1.27. The van der Waals surface area contributed by atoms with Crippen LogP contribution in [-0.2, 0) is 33.2 Å². The van der Waals surface area contributed by atoms with Crippen LogP contribution >= 0.6 is 0 Å². The lowest BCUT2D eigenvalue weighted by atomic mass is 9.64. The Bertz CT molecular complexity index is 1100. The summed E-state index contributed by atoms with van der Waals surface area (Å²) in [5.74, 6) is -0.740. The van der Waals surface area contributed by atoms with Gasteiger partial charge in [0.1, 0.15) is 43.2 Å². The Morgan fingerprint density at radius 3 is 2.18 bits per heavy atom. The third kappa shape index (κ3) is 8.21. The number of allylic oxidation sites excluding steroid dienone is 1. The summed E-state index contributed by atoms with van der Waals surface area (Å²) in [7, 11) is 3.10. The fourth-order valence-corrected chi connectivity index (χ4v) is 9.45. The van der Waals surface area contributed by atoms with Gasteiger partial charge in [-0.1, -0.05) is 6.08 Å². The number of aliphatic hydroxyl groups excluding tert-OH is 6. The first-order valence-corrected chi connectivity index (χ1v) is 18.1. The number of carbonyl (C=O) groups is 1. The normalized spacial score (nSPS) is 50.5. The molecular formula is C35H57O14+. The Morgan fingerprint density at radius 1 is 0.816 bits per heavy atom. The molecule has 49 heavy (non-hydrogen) atoms. The second-order valence-electron chi connectivity index (χ2n) is 15.2. The number of rotatable bonds is 9. The minimum absolute atomic E-state index is 0.0429. The highest BCUT2D eigenvalue weighted by atomic mass is 16.7. The van der Waals surface area contributed by atoms with Crippen LogP contribution in [-0.4, -0.2) is 154 Å². The first-order chi connectivity index (χ1) is 23.5. The van der Waals surface area contributed by atoms with Crippen molar-refractivity contribution in [3.8, 4) is 0 Å². The molecule has 3 heterocycles. The standard InChI is InChI=1S/C35H56O14/c1-16-10-21-28-22(46-16)13-20(37)14-23(28)47-33(18-11-24(43-2)29(39)25(12-18)44-3)34(21)49-35-32(42)31(41)30(40)26(48-35)15-45-27(38)9-6-17-4-7-19(36)8-5-17/h6,9,16-26,28-37,39-42H,4-5,7-8,10-15H2,1-3H3/p+1/t16?,17?,18?,19?,20?,21?,22?,23?,24?,25?,26-,28?,29?,30-,31+,32-,33?,34?,35+/m1/s1. The third-order valence-electron chi connectivity index (χ3n) is 12.0. The number of carbonyl (C=O) groups excluding carboxylic acids is 1. The monoisotopic (exact) mass is 701 g/mol. The molecule has 0 bridgehead atoms. The summed E-state index contributed by atoms with van der Waals surface area (Å²) in [6.07, 6.45) is -2.98. The van der Waals surface area contributed by atoms with Gasteiger partial charge in [-0.15, -0.1) is 0 Å². The molecule has 14 nitrogen and oxygen atoms in total. The second-order valence-corrected chi connectivity index (χ2v) is 15.2. The van der Waals surface area contributed by atoms with Crippen molar-refractivity contribution in [2.75, 3.05) is 20.8 Å². The number of aliphatic hydroxyl groups is 8. The second kappa shape index (κ2) is 16.2. The zero-order valence-electron chi connectivity index (χ0n) is 28.7. The van der Waals surface area contributed by atoms with E-state index in [0.29, 0.717) is 44.9 Å². The van der Waals surface area contributed by atoms with E-state index in [9.17, 15) is 35.4 Å². The van der Waals surface area contributed by atoms with Crippen LogP contribution in [0.2, 0.25) is 0 Å². The van der Waals surface area contributed by atoms with Crippen LogP contribution in [0.1, 0.15) is 64.7 Å². The topological polar surface area (TPSA) is 207 Å². The van der Waals surface area contributed by atoms with E-state index in [2.05, 4.69) is 0 Å². The van der Waals surface area contributed by atoms with Crippen LogP contribution in [0, 0.1) is 23.7 Å². The van der Waals surface area contributed by atoms with E-state index in [1.54, 1.807) is 20.3 Å². The van der Waals surface area contributed by atoms with Crippen molar-refractivity contribution < 1.29 is 68.6 Å². The summed E-state index contributed by atoms with van der Waals surface area (Å²) in [6.45, 7) is 1.62. The van der Waals surface area contributed by atoms with Crippen molar-refractivity contribution in [3.63, 3.8) is 0 Å². The maximum Gasteiger partial charge on any atom is 0.330 e. The van der Waals surface area contributed by atoms with E-state index in [1.165, 1.54) is 6.08 Å². The molecule has 3 saturated carbocycles. The maximum absolute atomic E-state index is 12.6. The van der Waals surface area contributed by atoms with Gasteiger partial charge in [0.2, 0.25) is 0 Å². The number of esters is 1. The summed E-state index contributed by atoms with van der Waals surface area (Å²) in [4.78, 5) is 12.6. The van der Waals surface area contributed by atoms with Gasteiger partial charge in [0.25, 0.3) is 0 Å². The van der Waals surface area contributed by atoms with E-state index < -0.39 is 73.3 Å². The zero-order chi connectivity index (χ0) is 35.0. The molecule has 0 radical (unpaired) electrons. The van der Waals surface area contributed by atoms with Crippen molar-refractivity contribution in [1.82, 2.24) is 0 Å². The predicted octanol–water partition coefficient (Wildman–Crippen LogP) is -0.526. The van der Waals surface area contributed by atoms with Gasteiger partial charge in [0, 0.05) is 45.0 Å². The summed E-state index contributed by atoms with van der Waals surface area (Å²) in [5, 5.41) is 64.3. The molecule has 0 aromatic heterocycles. The SMILES string of the molecule is COC1CC(C2[OH+]C3CC(O)CC4OC(C)CC(C2O[C@@H]2O[C@H](COC(=O)C=CC5CCC(O)CC5)[C@@H](O)[C@H](O)[C@H]2O)C43)CC(OC)C1O. The fraction of sp³-hybridized carbons (Fsp3) is 0.914. The lowest BCUT2D eigenvalue weighted by Gasteiger charge is -2.55. The van der Waals surface area contributed by atoms with Gasteiger partial charge in [-0.3, -0.25) is 0 Å². The molecule has 0 aromatic carbocycles. The largest absolute Gasteiger partial charge is 0.460 e. The number of ether oxygens (including phenoxy) is 7. The summed E-state index contributed by atoms with van der Waals surface area (Å²) >= 11 is 0. The van der Waals surface area contributed by atoms with E-state index >= 15 is 0 Å². The molecular weight excluding hydrogens is 644 g/mol. The highest BCUT2D eigenvalue weighted by molar-refractivity contribution is 5.81. The van der Waals surface area contributed by atoms with Gasteiger partial charge in [0.05, 0.1) is 42.5 Å². The summed E-state index contributed by atoms with van der Waals surface area (Å²) in [6, 6.07) is 0. The van der Waals surface area contributed by atoms with E-state index in [-0.39, 0.29) is 54.7 Å². The number of hydrogen-bond acceptors (Lipinski definition) is 13. The van der Waals surface area contributed by atoms with Gasteiger partial charge in [-0.05, 0) is 57.8 Å². The van der Waals surface area contributed by atoms with Gasteiger partial charge in [0.15, 0.2) is 18.5 Å². The van der Waals surface area contributed by atoms with Crippen molar-refractivity contribution in [3.05, 3.63) is 12.2 Å². The molecule has 0 amide bonds. The molecule has 3 saturated heterocycles. The molecule has 6 aliphatic rings. The first-order valence-electron chi connectivity index (χ1n) is 18.1. The highest BCUT2D eigenvalue weighted by Gasteiger charge is 2.62. The van der Waals surface area contributed by atoms with Crippen molar-refractivity contribution in [1.29, 1.82) is 0 Å². The Labute approximate surface area is 287 Å². The van der Waals surface area contributed by atoms with Crippen LogP contribution in [0.3, 0.4) is 0 Å². The van der Waals surface area contributed by atoms with Gasteiger partial charge >= 0.3 is 5.97 Å². The average molecular weight is 702 g/mol. The maximum atomic E-state index is 12.6. The van der Waals surface area contributed by atoms with Crippen molar-refractivity contribution in [2.24, 2.45) is 23.7 Å². The Morgan fingerprint density at radius 2 is 1.51 bits per heavy atom. The van der Waals surface area contributed by atoms with E-state index in [4.69, 9.17) is 33.2 Å². The number of methoxy groups -OCH3 is 2. The first kappa shape index (κ1) is 37.5. The zero-order valence-corrected chi connectivity index (χ0v) is 28.7. The molecule has 3 aliphatic heterocycles. The molecule has 0 spiro atoms. The lowest BCUT2D eigenvalue weighted by molar-refractivity contribution is -0.380. The highest BCUT2D eigenvalue weighted by Crippen LogP contribution is 2.50. The Balaban J connectivity index is 1.20. The molecule has 6 fully saturated rings. The van der Waals surface area contributed by atoms with Crippen molar-refractivity contribution in [2.45, 2.75) is 156 Å². The fourth-order valence-electron chi connectivity index (χ4n) is 9.45. The summed E-state index contributed by atoms with van der Waals surface area (Å²) in [5.41, 5.74) is 0. The summed E-state index contributed by atoms with van der Waals surface area (Å²) < 4.78 is 41.1. The Kier molecular flexibility index (Phi) is 12.4. The minimum atomic E-state index is -1.63. The third-order valence-corrected chi connectivity index (χ3v) is 12.0. The molecule has 0 aromatic rings. The quantitative estimate of drug-likeness (QED) is 0.102. The van der Waals surface area contributed by atoms with Crippen LogP contribution in [0.25, 0.3) is 0 Å². The number of hydrogen-bond donors (Lipinski definition) is 6. The van der Waals surface area contributed by atoms with Crippen molar-refractivity contribution >= 4 is 5.97 Å². The van der Waals surface area contributed by atoms with E-state index in [1.807, 2.05) is 6.92 Å². The predicted molar refractivity (Wildman–Crippen MR) is 171 cm³/mol. The van der Waals surface area contributed by atoms with Crippen LogP contribution in [0.4, 0.5) is 0 Å². The molecule has 3 aliphatic carbocycles. The van der Waals surface area contributed by atoms with Crippen LogP contribution in [0.5, 0.6) is 0 Å². The molecule has 280 valence electrons. The molecule has 7 N–H and O–H groups in total. The van der Waals surface area contributed by atoms with Gasteiger partial charge < -0.3 is 63.8 Å². The smallest absolute Gasteiger partial charge is 0.330 e. The van der Waals surface area contributed by atoms with E-state index in [0.717, 1.165) is 12.8 Å². The van der Waals surface area contributed by atoms with Gasteiger partial charge in [-0.2, -0.15) is 0 Å². The molecule has 15 atom stereocenters.